The highest BCUT2D eigenvalue weighted by Crippen LogP contribution is 2.28. The lowest BCUT2D eigenvalue weighted by Gasteiger charge is -2.11. The van der Waals surface area contributed by atoms with Gasteiger partial charge in [-0.05, 0) is 42.8 Å². The molecule has 1 aliphatic rings. The van der Waals surface area contributed by atoms with E-state index >= 15 is 0 Å². The maximum absolute atomic E-state index is 12.0. The fourth-order valence-corrected chi connectivity index (χ4v) is 2.38. The van der Waals surface area contributed by atoms with Crippen LogP contribution in [0, 0.1) is 6.92 Å². The van der Waals surface area contributed by atoms with E-state index in [9.17, 15) is 9.59 Å². The maximum Gasteiger partial charge on any atom is 0.261 e. The third-order valence-corrected chi connectivity index (χ3v) is 3.74. The molecule has 0 aromatic heterocycles. The molecule has 0 radical (unpaired) electrons. The monoisotopic (exact) mass is 281 g/mol. The van der Waals surface area contributed by atoms with E-state index in [-0.39, 0.29) is 11.8 Å². The number of hydrogen-bond donors (Lipinski definition) is 2. The number of nitrogens with one attached hydrogen (secondary N) is 1. The predicted molar refractivity (Wildman–Crippen MR) is 81.7 cm³/mol. The zero-order valence-corrected chi connectivity index (χ0v) is 11.8. The molecule has 0 saturated carbocycles. The summed E-state index contributed by atoms with van der Waals surface area (Å²) >= 11 is 0. The first-order valence-corrected chi connectivity index (χ1v) is 6.57. The third kappa shape index (κ3) is 2.03. The Labute approximate surface area is 122 Å². The summed E-state index contributed by atoms with van der Waals surface area (Å²) in [5, 5.41) is 3.23. The highest BCUT2D eigenvalue weighted by atomic mass is 16.2. The van der Waals surface area contributed by atoms with Crippen molar-refractivity contribution >= 4 is 28.9 Å². The average Bonchev–Trinajstić information content (AvgIpc) is 2.69. The van der Waals surface area contributed by atoms with Gasteiger partial charge in [-0.15, -0.1) is 0 Å². The Kier molecular flexibility index (Phi) is 2.90. The molecule has 2 aromatic carbocycles. The van der Waals surface area contributed by atoms with Crippen molar-refractivity contribution in [2.45, 2.75) is 6.92 Å². The lowest BCUT2D eigenvalue weighted by atomic mass is 10.1. The Morgan fingerprint density at radius 3 is 2.52 bits per heavy atom. The van der Waals surface area contributed by atoms with Gasteiger partial charge in [0.1, 0.15) is 0 Å². The van der Waals surface area contributed by atoms with E-state index in [0.717, 1.165) is 21.8 Å². The Morgan fingerprint density at radius 2 is 1.76 bits per heavy atom. The van der Waals surface area contributed by atoms with Gasteiger partial charge in [-0.1, -0.05) is 6.07 Å². The molecule has 5 heteroatoms. The molecular formula is C16H15N3O2. The van der Waals surface area contributed by atoms with E-state index in [0.29, 0.717) is 16.8 Å². The highest BCUT2D eigenvalue weighted by Gasteiger charge is 2.32. The van der Waals surface area contributed by atoms with Crippen molar-refractivity contribution in [1.82, 2.24) is 4.90 Å². The molecule has 1 aliphatic heterocycles. The summed E-state index contributed by atoms with van der Waals surface area (Å²) in [6, 6.07) is 10.8. The standard InChI is InChI=1S/C16H15N3O2/c1-9-13(17)4-3-5-14(9)18-10-6-7-11-12(8-10)16(21)19(2)15(11)20/h3-8,18H,17H2,1-2H3. The van der Waals surface area contributed by atoms with Crippen molar-refractivity contribution in [3.05, 3.63) is 53.1 Å². The van der Waals surface area contributed by atoms with Gasteiger partial charge in [-0.2, -0.15) is 0 Å². The molecule has 3 rings (SSSR count). The molecule has 1 heterocycles. The van der Waals surface area contributed by atoms with Crippen molar-refractivity contribution in [3.63, 3.8) is 0 Å². The van der Waals surface area contributed by atoms with E-state index in [1.54, 1.807) is 18.2 Å². The van der Waals surface area contributed by atoms with Crippen LogP contribution in [0.5, 0.6) is 0 Å². The number of nitrogens with two attached hydrogens (primary N) is 1. The van der Waals surface area contributed by atoms with Crippen LogP contribution >= 0.6 is 0 Å². The second-order valence-electron chi connectivity index (χ2n) is 5.07. The smallest absolute Gasteiger partial charge is 0.261 e. The largest absolute Gasteiger partial charge is 0.398 e. The molecule has 106 valence electrons. The fraction of sp³-hybridized carbons (Fsp3) is 0.125. The molecule has 3 N–H and O–H groups in total. The second kappa shape index (κ2) is 4.63. The summed E-state index contributed by atoms with van der Waals surface area (Å²) in [5.41, 5.74) is 10.0. The van der Waals surface area contributed by atoms with Crippen LogP contribution in [0.3, 0.4) is 0 Å². The average molecular weight is 281 g/mol. The predicted octanol–water partition coefficient (Wildman–Crippen LogP) is 2.55. The molecule has 0 fully saturated rings. The minimum absolute atomic E-state index is 0.262. The van der Waals surface area contributed by atoms with Crippen LogP contribution in [0.1, 0.15) is 26.3 Å². The molecular weight excluding hydrogens is 266 g/mol. The Bertz CT molecular complexity index is 768. The van der Waals surface area contributed by atoms with Gasteiger partial charge in [0.15, 0.2) is 0 Å². The van der Waals surface area contributed by atoms with Crippen molar-refractivity contribution in [3.8, 4) is 0 Å². The van der Waals surface area contributed by atoms with E-state index in [1.165, 1.54) is 7.05 Å². The van der Waals surface area contributed by atoms with Crippen LogP contribution in [-0.4, -0.2) is 23.8 Å². The van der Waals surface area contributed by atoms with Gasteiger partial charge in [-0.3, -0.25) is 14.5 Å². The molecule has 21 heavy (non-hydrogen) atoms. The number of carbonyl (C=O) groups excluding carboxylic acids is 2. The molecule has 2 aromatic rings. The molecule has 0 atom stereocenters. The van der Waals surface area contributed by atoms with Gasteiger partial charge >= 0.3 is 0 Å². The van der Waals surface area contributed by atoms with Crippen LogP contribution in [0.2, 0.25) is 0 Å². The number of hydrogen-bond acceptors (Lipinski definition) is 4. The van der Waals surface area contributed by atoms with Crippen LogP contribution in [0.15, 0.2) is 36.4 Å². The molecule has 2 amide bonds. The minimum atomic E-state index is -0.275. The van der Waals surface area contributed by atoms with Gasteiger partial charge in [0.25, 0.3) is 11.8 Å². The number of benzene rings is 2. The first kappa shape index (κ1) is 13.2. The van der Waals surface area contributed by atoms with Crippen LogP contribution < -0.4 is 11.1 Å². The highest BCUT2D eigenvalue weighted by molar-refractivity contribution is 6.21. The van der Waals surface area contributed by atoms with Gasteiger partial charge < -0.3 is 11.1 Å². The number of nitrogens with zero attached hydrogens (tertiary/aromatic N) is 1. The topological polar surface area (TPSA) is 75.4 Å². The quantitative estimate of drug-likeness (QED) is 0.655. The number of nitrogen functional groups attached to an aromatic ring is 1. The molecule has 5 nitrogen and oxygen atoms in total. The summed E-state index contributed by atoms with van der Waals surface area (Å²) in [6.07, 6.45) is 0. The summed E-state index contributed by atoms with van der Waals surface area (Å²) in [4.78, 5) is 25.0. The van der Waals surface area contributed by atoms with Gasteiger partial charge in [0.2, 0.25) is 0 Å². The number of amides is 2. The summed E-state index contributed by atoms with van der Waals surface area (Å²) in [5.74, 6) is -0.537. The van der Waals surface area contributed by atoms with E-state index < -0.39 is 0 Å². The van der Waals surface area contributed by atoms with Gasteiger partial charge in [0.05, 0.1) is 11.1 Å². The summed E-state index contributed by atoms with van der Waals surface area (Å²) in [7, 11) is 1.49. The molecule has 0 aliphatic carbocycles. The summed E-state index contributed by atoms with van der Waals surface area (Å²) in [6.45, 7) is 1.92. The first-order valence-electron chi connectivity index (χ1n) is 6.57. The number of carbonyl (C=O) groups is 2. The molecule has 0 saturated heterocycles. The lowest BCUT2D eigenvalue weighted by Crippen LogP contribution is -2.24. The van der Waals surface area contributed by atoms with Crippen LogP contribution in [0.25, 0.3) is 0 Å². The van der Waals surface area contributed by atoms with Crippen molar-refractivity contribution in [2.24, 2.45) is 0 Å². The van der Waals surface area contributed by atoms with Crippen LogP contribution in [-0.2, 0) is 0 Å². The number of anilines is 3. The van der Waals surface area contributed by atoms with Crippen molar-refractivity contribution < 1.29 is 9.59 Å². The Morgan fingerprint density at radius 1 is 1.05 bits per heavy atom. The van der Waals surface area contributed by atoms with Gasteiger partial charge in [-0.25, -0.2) is 0 Å². The minimum Gasteiger partial charge on any atom is -0.398 e. The second-order valence-corrected chi connectivity index (χ2v) is 5.07. The number of fused-ring (bicyclic) bond motifs is 1. The van der Waals surface area contributed by atoms with E-state index in [1.807, 2.05) is 25.1 Å². The Balaban J connectivity index is 1.98. The maximum atomic E-state index is 12.0. The third-order valence-electron chi connectivity index (χ3n) is 3.74. The zero-order valence-electron chi connectivity index (χ0n) is 11.8. The number of rotatable bonds is 2. The summed E-state index contributed by atoms with van der Waals surface area (Å²) < 4.78 is 0. The van der Waals surface area contributed by atoms with E-state index in [2.05, 4.69) is 5.32 Å². The van der Waals surface area contributed by atoms with E-state index in [4.69, 9.17) is 5.73 Å². The molecule has 0 unspecified atom stereocenters. The lowest BCUT2D eigenvalue weighted by molar-refractivity contribution is 0.0693. The van der Waals surface area contributed by atoms with Gasteiger partial charge in [0, 0.05) is 24.1 Å². The van der Waals surface area contributed by atoms with Crippen molar-refractivity contribution in [2.75, 3.05) is 18.1 Å². The van der Waals surface area contributed by atoms with Crippen LogP contribution in [0.4, 0.5) is 17.1 Å². The molecule has 0 spiro atoms. The normalized spacial score (nSPS) is 13.5. The SMILES string of the molecule is Cc1c(N)cccc1Nc1ccc2c(c1)C(=O)N(C)C2=O. The first-order chi connectivity index (χ1) is 9.99. The van der Waals surface area contributed by atoms with Crippen molar-refractivity contribution in [1.29, 1.82) is 0 Å². The zero-order chi connectivity index (χ0) is 15.1. The molecule has 0 bridgehead atoms. The Hall–Kier alpha value is -2.82. The fourth-order valence-electron chi connectivity index (χ4n) is 2.38. The number of imide groups is 1.